The minimum absolute atomic E-state index is 0.736. The number of hydrogen-bond donors (Lipinski definition) is 0. The lowest BCUT2D eigenvalue weighted by molar-refractivity contribution is 1.44. The predicted octanol–water partition coefficient (Wildman–Crippen LogP) is 6.89. The standard InChI is InChI=1S/C31H20NP/c1-3-11-23(12-4-1)33(24-13-5-2-6-14-24)27-18-17-21-9-7-15-25-26-16-8-10-22-19-20-32-31(29(22)26)30(27)28(21)25/h1-20H. The molecule has 33 heavy (non-hydrogen) atoms. The molecule has 1 aromatic heterocycles. The maximum absolute atomic E-state index is 5.00. The van der Waals surface area contributed by atoms with Gasteiger partial charge in [0.1, 0.15) is 0 Å². The van der Waals surface area contributed by atoms with Crippen molar-refractivity contribution in [3.05, 3.63) is 121 Å². The lowest BCUT2D eigenvalue weighted by atomic mass is 9.92. The van der Waals surface area contributed by atoms with Crippen molar-refractivity contribution in [2.24, 2.45) is 0 Å². The molecule has 7 rings (SSSR count). The van der Waals surface area contributed by atoms with Crippen molar-refractivity contribution < 1.29 is 0 Å². The van der Waals surface area contributed by atoms with Crippen molar-refractivity contribution in [1.29, 1.82) is 0 Å². The van der Waals surface area contributed by atoms with E-state index in [1.807, 2.05) is 6.20 Å². The second-order valence-electron chi connectivity index (χ2n) is 8.43. The molecule has 1 heterocycles. The fraction of sp³-hybridized carbons (Fsp3) is 0. The van der Waals surface area contributed by atoms with Crippen molar-refractivity contribution in [2.75, 3.05) is 0 Å². The molecule has 0 aliphatic rings. The van der Waals surface area contributed by atoms with E-state index in [1.54, 1.807) is 0 Å². The van der Waals surface area contributed by atoms with Crippen LogP contribution in [0.4, 0.5) is 0 Å². The van der Waals surface area contributed by atoms with Gasteiger partial charge >= 0.3 is 0 Å². The number of pyridine rings is 1. The molecule has 2 heteroatoms. The van der Waals surface area contributed by atoms with E-state index in [1.165, 1.54) is 53.6 Å². The molecule has 0 saturated carbocycles. The van der Waals surface area contributed by atoms with Gasteiger partial charge in [-0.15, -0.1) is 0 Å². The van der Waals surface area contributed by atoms with E-state index in [2.05, 4.69) is 115 Å². The average molecular weight is 437 g/mol. The Bertz CT molecular complexity index is 1710. The van der Waals surface area contributed by atoms with Gasteiger partial charge in [0.15, 0.2) is 0 Å². The van der Waals surface area contributed by atoms with Crippen LogP contribution in [0, 0.1) is 0 Å². The third-order valence-corrected chi connectivity index (χ3v) is 9.10. The summed E-state index contributed by atoms with van der Waals surface area (Å²) in [4.78, 5) is 5.00. The van der Waals surface area contributed by atoms with Crippen molar-refractivity contribution in [1.82, 2.24) is 4.98 Å². The van der Waals surface area contributed by atoms with Crippen LogP contribution in [0.25, 0.3) is 43.2 Å². The van der Waals surface area contributed by atoms with Gasteiger partial charge in [0.2, 0.25) is 0 Å². The maximum Gasteiger partial charge on any atom is 0.0799 e. The zero-order valence-electron chi connectivity index (χ0n) is 17.9. The first-order valence-electron chi connectivity index (χ1n) is 11.2. The normalized spacial score (nSPS) is 11.9. The summed E-state index contributed by atoms with van der Waals surface area (Å²) in [5.74, 6) is 0. The summed E-state index contributed by atoms with van der Waals surface area (Å²) >= 11 is 0. The number of hydrogen-bond acceptors (Lipinski definition) is 1. The average Bonchev–Trinajstić information content (AvgIpc) is 2.89. The Labute approximate surface area is 193 Å². The Kier molecular flexibility index (Phi) is 4.19. The molecule has 154 valence electrons. The van der Waals surface area contributed by atoms with Gasteiger partial charge in [-0.25, -0.2) is 0 Å². The first-order chi connectivity index (χ1) is 16.4. The van der Waals surface area contributed by atoms with E-state index in [0.717, 1.165) is 5.52 Å². The van der Waals surface area contributed by atoms with Gasteiger partial charge in [-0.05, 0) is 56.8 Å². The molecule has 6 aromatic carbocycles. The van der Waals surface area contributed by atoms with Crippen LogP contribution in [0.2, 0.25) is 0 Å². The molecule has 0 unspecified atom stereocenters. The second-order valence-corrected chi connectivity index (χ2v) is 10.6. The van der Waals surface area contributed by atoms with Crippen LogP contribution in [-0.4, -0.2) is 4.98 Å². The molecule has 7 aromatic rings. The molecule has 1 nitrogen and oxygen atoms in total. The minimum Gasteiger partial charge on any atom is -0.256 e. The van der Waals surface area contributed by atoms with Crippen LogP contribution in [0.3, 0.4) is 0 Å². The summed E-state index contributed by atoms with van der Waals surface area (Å²) in [5, 5.41) is 13.1. The highest BCUT2D eigenvalue weighted by Gasteiger charge is 2.23. The Morgan fingerprint density at radius 3 is 1.73 bits per heavy atom. The summed E-state index contributed by atoms with van der Waals surface area (Å²) in [6.07, 6.45) is 1.96. The predicted molar refractivity (Wildman–Crippen MR) is 144 cm³/mol. The topological polar surface area (TPSA) is 12.9 Å². The first kappa shape index (κ1) is 18.7. The number of nitrogens with zero attached hydrogens (tertiary/aromatic N) is 1. The van der Waals surface area contributed by atoms with Crippen LogP contribution >= 0.6 is 7.92 Å². The van der Waals surface area contributed by atoms with Crippen LogP contribution in [0.5, 0.6) is 0 Å². The smallest absolute Gasteiger partial charge is 0.0799 e. The SMILES string of the molecule is c1ccc(P(c2ccccc2)c2ccc3cccc4c5cccc6ccnc(c2c34)c65)cc1. The summed E-state index contributed by atoms with van der Waals surface area (Å²) in [7, 11) is -0.736. The van der Waals surface area contributed by atoms with Crippen LogP contribution in [0.15, 0.2) is 121 Å². The summed E-state index contributed by atoms with van der Waals surface area (Å²) in [6, 6.07) is 42.0. The largest absolute Gasteiger partial charge is 0.256 e. The quantitative estimate of drug-likeness (QED) is 0.167. The van der Waals surface area contributed by atoms with E-state index in [-0.39, 0.29) is 0 Å². The number of benzene rings is 6. The van der Waals surface area contributed by atoms with Gasteiger partial charge < -0.3 is 0 Å². The molecule has 0 N–H and O–H groups in total. The monoisotopic (exact) mass is 437 g/mol. The van der Waals surface area contributed by atoms with Crippen molar-refractivity contribution in [3.63, 3.8) is 0 Å². The van der Waals surface area contributed by atoms with Crippen molar-refractivity contribution in [3.8, 4) is 0 Å². The Morgan fingerprint density at radius 2 is 1.06 bits per heavy atom. The third-order valence-electron chi connectivity index (χ3n) is 6.61. The molecule has 0 amide bonds. The number of aromatic nitrogens is 1. The van der Waals surface area contributed by atoms with Crippen LogP contribution in [0.1, 0.15) is 0 Å². The van der Waals surface area contributed by atoms with E-state index in [0.29, 0.717) is 0 Å². The van der Waals surface area contributed by atoms with Gasteiger partial charge in [-0.1, -0.05) is 109 Å². The molecular formula is C31H20NP. The molecular weight excluding hydrogens is 417 g/mol. The first-order valence-corrected chi connectivity index (χ1v) is 12.6. The molecule has 0 atom stereocenters. The Balaban J connectivity index is 1.71. The second kappa shape index (κ2) is 7.37. The third kappa shape index (κ3) is 2.80. The summed E-state index contributed by atoms with van der Waals surface area (Å²) in [6.45, 7) is 0. The molecule has 0 fully saturated rings. The zero-order chi connectivity index (χ0) is 21.8. The van der Waals surface area contributed by atoms with Gasteiger partial charge in [-0.3, -0.25) is 4.98 Å². The Hall–Kier alpha value is -3.80. The minimum atomic E-state index is -0.736. The van der Waals surface area contributed by atoms with E-state index in [4.69, 9.17) is 4.98 Å². The lowest BCUT2D eigenvalue weighted by Gasteiger charge is -2.23. The summed E-state index contributed by atoms with van der Waals surface area (Å²) < 4.78 is 0. The van der Waals surface area contributed by atoms with E-state index in [9.17, 15) is 0 Å². The highest BCUT2D eigenvalue weighted by molar-refractivity contribution is 7.80. The van der Waals surface area contributed by atoms with Gasteiger partial charge in [0.25, 0.3) is 0 Å². The van der Waals surface area contributed by atoms with Gasteiger partial charge in [0.05, 0.1) is 5.52 Å². The maximum atomic E-state index is 5.00. The molecule has 0 aliphatic heterocycles. The molecule has 0 bridgehead atoms. The Morgan fingerprint density at radius 1 is 0.455 bits per heavy atom. The van der Waals surface area contributed by atoms with Crippen molar-refractivity contribution >= 4 is 67.1 Å². The molecule has 0 spiro atoms. The number of rotatable bonds is 3. The lowest BCUT2D eigenvalue weighted by Crippen LogP contribution is -2.21. The highest BCUT2D eigenvalue weighted by Crippen LogP contribution is 2.43. The van der Waals surface area contributed by atoms with E-state index < -0.39 is 7.92 Å². The highest BCUT2D eigenvalue weighted by atomic mass is 31.1. The van der Waals surface area contributed by atoms with Gasteiger partial charge in [-0.2, -0.15) is 0 Å². The zero-order valence-corrected chi connectivity index (χ0v) is 18.8. The molecule has 0 saturated heterocycles. The van der Waals surface area contributed by atoms with Crippen LogP contribution in [-0.2, 0) is 0 Å². The van der Waals surface area contributed by atoms with Crippen molar-refractivity contribution in [2.45, 2.75) is 0 Å². The molecule has 0 radical (unpaired) electrons. The van der Waals surface area contributed by atoms with E-state index >= 15 is 0 Å². The fourth-order valence-electron chi connectivity index (χ4n) is 5.24. The number of fused-ring (bicyclic) bond motifs is 2. The molecule has 0 aliphatic carbocycles. The summed E-state index contributed by atoms with van der Waals surface area (Å²) in [5.41, 5.74) is 1.11. The van der Waals surface area contributed by atoms with Crippen LogP contribution < -0.4 is 15.9 Å². The fourth-order valence-corrected chi connectivity index (χ4v) is 7.70. The van der Waals surface area contributed by atoms with Gasteiger partial charge in [0, 0.05) is 17.0 Å².